The second-order valence-corrected chi connectivity index (χ2v) is 3.98. The summed E-state index contributed by atoms with van der Waals surface area (Å²) in [6, 6.07) is 16.2. The van der Waals surface area contributed by atoms with E-state index in [0.717, 1.165) is 16.9 Å². The lowest BCUT2D eigenvalue weighted by Gasteiger charge is -2.08. The second kappa shape index (κ2) is 3.49. The van der Waals surface area contributed by atoms with E-state index in [4.69, 9.17) is 5.41 Å². The number of nitrogens with one attached hydrogen (secondary N) is 2. The molecular weight excluding hydrogens is 196 g/mol. The van der Waals surface area contributed by atoms with Gasteiger partial charge in [0.1, 0.15) is 0 Å². The van der Waals surface area contributed by atoms with E-state index in [-0.39, 0.29) is 0 Å². The van der Waals surface area contributed by atoms with E-state index >= 15 is 0 Å². The highest BCUT2D eigenvalue weighted by atomic mass is 14.9. The summed E-state index contributed by atoms with van der Waals surface area (Å²) in [5.41, 5.74) is 4.99. The molecule has 3 rings (SSSR count). The number of anilines is 2. The van der Waals surface area contributed by atoms with Crippen molar-refractivity contribution < 1.29 is 0 Å². The Morgan fingerprint density at radius 2 is 1.56 bits per heavy atom. The molecule has 2 heteroatoms. The molecule has 0 radical (unpaired) electrons. The van der Waals surface area contributed by atoms with Gasteiger partial charge in [-0.15, -0.1) is 0 Å². The molecule has 0 atom stereocenters. The molecule has 78 valence electrons. The number of hydrogen-bond donors (Lipinski definition) is 2. The fourth-order valence-corrected chi connectivity index (χ4v) is 2.08. The molecule has 2 aromatic rings. The summed E-state index contributed by atoms with van der Waals surface area (Å²) in [5.74, 6) is 0. The molecule has 0 fully saturated rings. The summed E-state index contributed by atoms with van der Waals surface area (Å²) in [6.45, 7) is 0. The summed E-state index contributed by atoms with van der Waals surface area (Å²) in [6.07, 6.45) is 0.695. The maximum Gasteiger partial charge on any atom is 0.0476 e. The van der Waals surface area contributed by atoms with Gasteiger partial charge < -0.3 is 10.7 Å². The molecule has 0 spiro atoms. The van der Waals surface area contributed by atoms with Crippen LogP contribution in [0.5, 0.6) is 0 Å². The first-order valence-electron chi connectivity index (χ1n) is 5.36. The van der Waals surface area contributed by atoms with Crippen LogP contribution >= 0.6 is 0 Å². The third-order valence-electron chi connectivity index (χ3n) is 2.91. The SMILES string of the molecule is N=C1Cc2ccccc2Nc2ccccc21. The van der Waals surface area contributed by atoms with Crippen LogP contribution in [0.2, 0.25) is 0 Å². The zero-order chi connectivity index (χ0) is 11.0. The van der Waals surface area contributed by atoms with Gasteiger partial charge in [-0.3, -0.25) is 0 Å². The Labute approximate surface area is 94.4 Å². The minimum Gasteiger partial charge on any atom is -0.355 e. The predicted molar refractivity (Wildman–Crippen MR) is 66.7 cm³/mol. The van der Waals surface area contributed by atoms with Crippen molar-refractivity contribution in [3.63, 3.8) is 0 Å². The molecule has 1 aliphatic rings. The van der Waals surface area contributed by atoms with Gasteiger partial charge in [-0.1, -0.05) is 36.4 Å². The summed E-state index contributed by atoms with van der Waals surface area (Å²) < 4.78 is 0. The lowest BCUT2D eigenvalue weighted by atomic mass is 10.0. The van der Waals surface area contributed by atoms with Crippen molar-refractivity contribution in [2.75, 3.05) is 5.32 Å². The molecule has 16 heavy (non-hydrogen) atoms. The highest BCUT2D eigenvalue weighted by molar-refractivity contribution is 6.06. The summed E-state index contributed by atoms with van der Waals surface area (Å²) in [7, 11) is 0. The zero-order valence-electron chi connectivity index (χ0n) is 8.83. The van der Waals surface area contributed by atoms with Crippen molar-refractivity contribution in [1.29, 1.82) is 5.41 Å². The van der Waals surface area contributed by atoms with Crippen LogP contribution in [0.15, 0.2) is 48.5 Å². The lowest BCUT2D eigenvalue weighted by molar-refractivity contribution is 1.30. The quantitative estimate of drug-likeness (QED) is 0.684. The number of hydrogen-bond acceptors (Lipinski definition) is 2. The Hall–Kier alpha value is -2.09. The first-order chi connectivity index (χ1) is 7.84. The standard InChI is InChI=1S/C14H12N2/c15-12-9-10-5-1-3-7-13(10)16-14-8-4-2-6-11(12)14/h1-8,15-16H,9H2. The van der Waals surface area contributed by atoms with Crippen molar-refractivity contribution in [1.82, 2.24) is 0 Å². The third-order valence-corrected chi connectivity index (χ3v) is 2.91. The van der Waals surface area contributed by atoms with Gasteiger partial charge >= 0.3 is 0 Å². The van der Waals surface area contributed by atoms with Crippen LogP contribution in [-0.4, -0.2) is 5.71 Å². The van der Waals surface area contributed by atoms with Gasteiger partial charge in [0, 0.05) is 29.1 Å². The highest BCUT2D eigenvalue weighted by Gasteiger charge is 2.15. The minimum atomic E-state index is 0.674. The van der Waals surface area contributed by atoms with Gasteiger partial charge in [-0.05, 0) is 17.7 Å². The van der Waals surface area contributed by atoms with Crippen LogP contribution < -0.4 is 5.32 Å². The maximum atomic E-state index is 8.10. The van der Waals surface area contributed by atoms with Crippen molar-refractivity contribution >= 4 is 17.1 Å². The molecule has 2 N–H and O–H groups in total. The van der Waals surface area contributed by atoms with Crippen LogP contribution in [0, 0.1) is 5.41 Å². The van der Waals surface area contributed by atoms with E-state index in [1.807, 2.05) is 36.4 Å². The average Bonchev–Trinajstić information content (AvgIpc) is 2.45. The Balaban J connectivity index is 2.18. The minimum absolute atomic E-state index is 0.674. The van der Waals surface area contributed by atoms with Crippen molar-refractivity contribution in [2.24, 2.45) is 0 Å². The van der Waals surface area contributed by atoms with E-state index in [9.17, 15) is 0 Å². The van der Waals surface area contributed by atoms with Crippen LogP contribution in [0.25, 0.3) is 0 Å². The predicted octanol–water partition coefficient (Wildman–Crippen LogP) is 3.35. The topological polar surface area (TPSA) is 35.9 Å². The van der Waals surface area contributed by atoms with Gasteiger partial charge in [0.25, 0.3) is 0 Å². The van der Waals surface area contributed by atoms with Gasteiger partial charge in [0.05, 0.1) is 0 Å². The number of fused-ring (bicyclic) bond motifs is 2. The number of benzene rings is 2. The summed E-state index contributed by atoms with van der Waals surface area (Å²) in [4.78, 5) is 0. The lowest BCUT2D eigenvalue weighted by Crippen LogP contribution is -2.01. The number of rotatable bonds is 0. The largest absolute Gasteiger partial charge is 0.355 e. The Morgan fingerprint density at radius 3 is 2.44 bits per heavy atom. The van der Waals surface area contributed by atoms with Gasteiger partial charge in [0.2, 0.25) is 0 Å². The van der Waals surface area contributed by atoms with Crippen LogP contribution in [-0.2, 0) is 6.42 Å². The Morgan fingerprint density at radius 1 is 0.875 bits per heavy atom. The maximum absolute atomic E-state index is 8.10. The van der Waals surface area contributed by atoms with Crippen molar-refractivity contribution in [3.8, 4) is 0 Å². The molecule has 0 aromatic heterocycles. The Bertz CT molecular complexity index is 558. The van der Waals surface area contributed by atoms with E-state index < -0.39 is 0 Å². The summed E-state index contributed by atoms with van der Waals surface area (Å²) in [5, 5.41) is 11.5. The Kier molecular flexibility index (Phi) is 2.00. The van der Waals surface area contributed by atoms with E-state index in [2.05, 4.69) is 17.4 Å². The van der Waals surface area contributed by atoms with E-state index in [1.165, 1.54) is 5.56 Å². The third kappa shape index (κ3) is 1.39. The first-order valence-corrected chi connectivity index (χ1v) is 5.36. The van der Waals surface area contributed by atoms with E-state index in [1.54, 1.807) is 0 Å². The summed E-state index contributed by atoms with van der Waals surface area (Å²) >= 11 is 0. The molecular formula is C14H12N2. The van der Waals surface area contributed by atoms with Gasteiger partial charge in [-0.2, -0.15) is 0 Å². The number of para-hydroxylation sites is 2. The molecule has 0 saturated heterocycles. The molecule has 2 aromatic carbocycles. The molecule has 0 saturated carbocycles. The monoisotopic (exact) mass is 208 g/mol. The molecule has 2 nitrogen and oxygen atoms in total. The van der Waals surface area contributed by atoms with Crippen molar-refractivity contribution in [2.45, 2.75) is 6.42 Å². The fraction of sp³-hybridized carbons (Fsp3) is 0.0714. The fourth-order valence-electron chi connectivity index (χ4n) is 2.08. The van der Waals surface area contributed by atoms with Crippen molar-refractivity contribution in [3.05, 3.63) is 59.7 Å². The molecule has 0 aliphatic carbocycles. The highest BCUT2D eigenvalue weighted by Crippen LogP contribution is 2.29. The van der Waals surface area contributed by atoms with Crippen LogP contribution in [0.3, 0.4) is 0 Å². The second-order valence-electron chi connectivity index (χ2n) is 3.98. The molecule has 0 amide bonds. The normalized spacial score (nSPS) is 13.4. The zero-order valence-corrected chi connectivity index (χ0v) is 8.83. The molecule has 0 unspecified atom stereocenters. The van der Waals surface area contributed by atoms with Gasteiger partial charge in [0.15, 0.2) is 0 Å². The molecule has 1 heterocycles. The van der Waals surface area contributed by atoms with E-state index in [0.29, 0.717) is 12.1 Å². The van der Waals surface area contributed by atoms with Crippen LogP contribution in [0.4, 0.5) is 11.4 Å². The average molecular weight is 208 g/mol. The molecule has 0 bridgehead atoms. The van der Waals surface area contributed by atoms with Crippen LogP contribution in [0.1, 0.15) is 11.1 Å². The first kappa shape index (κ1) is 9.16. The molecule has 1 aliphatic heterocycles. The van der Waals surface area contributed by atoms with Gasteiger partial charge in [-0.25, -0.2) is 0 Å². The smallest absolute Gasteiger partial charge is 0.0476 e.